The summed E-state index contributed by atoms with van der Waals surface area (Å²) in [7, 11) is 0. The van der Waals surface area contributed by atoms with Crippen LogP contribution in [-0.2, 0) is 9.59 Å². The van der Waals surface area contributed by atoms with Gasteiger partial charge in [-0.2, -0.15) is 0 Å². The third-order valence-electron chi connectivity index (χ3n) is 4.66. The summed E-state index contributed by atoms with van der Waals surface area (Å²) in [6.45, 7) is 3.40. The first kappa shape index (κ1) is 20.7. The fourth-order valence-corrected chi connectivity index (χ4v) is 3.10. The van der Waals surface area contributed by atoms with Crippen molar-refractivity contribution in [2.45, 2.75) is 0 Å². The molecule has 0 radical (unpaired) electrons. The van der Waals surface area contributed by atoms with E-state index in [2.05, 4.69) is 10.2 Å². The minimum absolute atomic E-state index is 0.220. The van der Waals surface area contributed by atoms with Gasteiger partial charge in [0.1, 0.15) is 17.5 Å². The molecule has 154 valence electrons. The normalized spacial score (nSPS) is 14.5. The van der Waals surface area contributed by atoms with Crippen molar-refractivity contribution in [1.82, 2.24) is 10.2 Å². The van der Waals surface area contributed by atoms with Gasteiger partial charge in [0.05, 0.1) is 11.4 Å². The van der Waals surface area contributed by atoms with Crippen LogP contribution in [0.25, 0.3) is 0 Å². The summed E-state index contributed by atoms with van der Waals surface area (Å²) in [6, 6.07) is 9.19. The number of nitrogens with one attached hydrogen (secondary N) is 2. The van der Waals surface area contributed by atoms with Crippen LogP contribution >= 0.6 is 0 Å². The molecule has 1 heterocycles. The van der Waals surface area contributed by atoms with Gasteiger partial charge in [-0.05, 0) is 24.3 Å². The van der Waals surface area contributed by atoms with Crippen molar-refractivity contribution in [3.63, 3.8) is 0 Å². The number of carbonyl (C=O) groups excluding carboxylic acids is 2. The minimum Gasteiger partial charge on any atom is -0.367 e. The maximum absolute atomic E-state index is 13.9. The molecule has 1 aliphatic heterocycles. The highest BCUT2D eigenvalue weighted by molar-refractivity contribution is 6.39. The van der Waals surface area contributed by atoms with E-state index < -0.39 is 29.1 Å². The molecule has 2 aromatic carbocycles. The van der Waals surface area contributed by atoms with Crippen molar-refractivity contribution >= 4 is 23.2 Å². The molecule has 6 nitrogen and oxygen atoms in total. The van der Waals surface area contributed by atoms with Crippen molar-refractivity contribution in [2.75, 3.05) is 49.5 Å². The number of rotatable bonds is 5. The molecule has 2 aromatic rings. The monoisotopic (exact) mass is 406 g/mol. The zero-order valence-electron chi connectivity index (χ0n) is 15.6. The highest BCUT2D eigenvalue weighted by Crippen LogP contribution is 2.20. The highest BCUT2D eigenvalue weighted by atomic mass is 19.1. The van der Waals surface area contributed by atoms with Gasteiger partial charge in [-0.25, -0.2) is 13.2 Å². The molecule has 3 rings (SSSR count). The molecule has 0 spiro atoms. The Morgan fingerprint density at radius 3 is 2.34 bits per heavy atom. The first-order valence-corrected chi connectivity index (χ1v) is 9.20. The molecule has 1 fully saturated rings. The van der Waals surface area contributed by atoms with Gasteiger partial charge in [0.25, 0.3) is 0 Å². The van der Waals surface area contributed by atoms with E-state index in [9.17, 15) is 22.8 Å². The van der Waals surface area contributed by atoms with Crippen LogP contribution in [0, 0.1) is 17.5 Å². The Balaban J connectivity index is 1.40. The van der Waals surface area contributed by atoms with Crippen LogP contribution in [-0.4, -0.2) is 56.0 Å². The third-order valence-corrected chi connectivity index (χ3v) is 4.66. The molecule has 1 aliphatic rings. The van der Waals surface area contributed by atoms with E-state index in [1.54, 1.807) is 18.2 Å². The topological polar surface area (TPSA) is 64.7 Å². The zero-order valence-corrected chi connectivity index (χ0v) is 15.6. The van der Waals surface area contributed by atoms with Gasteiger partial charge in [0, 0.05) is 45.3 Å². The average Bonchev–Trinajstić information content (AvgIpc) is 2.71. The molecule has 0 bridgehead atoms. The summed E-state index contributed by atoms with van der Waals surface area (Å²) in [5, 5.41) is 4.50. The second-order valence-electron chi connectivity index (χ2n) is 6.61. The summed E-state index contributed by atoms with van der Waals surface area (Å²) in [5.41, 5.74) is 0.177. The average molecular weight is 406 g/mol. The van der Waals surface area contributed by atoms with Crippen LogP contribution in [0.2, 0.25) is 0 Å². The number of amides is 2. The van der Waals surface area contributed by atoms with Crippen LogP contribution in [0.15, 0.2) is 42.5 Å². The fraction of sp³-hybridized carbons (Fsp3) is 0.300. The van der Waals surface area contributed by atoms with Crippen molar-refractivity contribution in [3.05, 3.63) is 59.9 Å². The first-order chi connectivity index (χ1) is 13.9. The van der Waals surface area contributed by atoms with Gasteiger partial charge in [-0.15, -0.1) is 0 Å². The van der Waals surface area contributed by atoms with E-state index in [1.807, 2.05) is 10.2 Å². The molecule has 2 N–H and O–H groups in total. The smallest absolute Gasteiger partial charge is 0.313 e. The SMILES string of the molecule is O=C(NCCN1CCN(c2ccccc2F)CC1)C(=O)Nc1cc(F)ccc1F. The molecule has 0 saturated carbocycles. The van der Waals surface area contributed by atoms with E-state index >= 15 is 0 Å². The fourth-order valence-electron chi connectivity index (χ4n) is 3.10. The van der Waals surface area contributed by atoms with Gasteiger partial charge in [0.15, 0.2) is 0 Å². The zero-order chi connectivity index (χ0) is 20.8. The number of benzene rings is 2. The maximum Gasteiger partial charge on any atom is 0.313 e. The van der Waals surface area contributed by atoms with Crippen LogP contribution in [0.3, 0.4) is 0 Å². The van der Waals surface area contributed by atoms with Crippen molar-refractivity contribution < 1.29 is 22.8 Å². The number of carbonyl (C=O) groups is 2. The van der Waals surface area contributed by atoms with Crippen LogP contribution in [0.5, 0.6) is 0 Å². The van der Waals surface area contributed by atoms with Crippen LogP contribution in [0.4, 0.5) is 24.5 Å². The Hall–Kier alpha value is -3.07. The summed E-state index contributed by atoms with van der Waals surface area (Å²) in [5.74, 6) is -3.82. The first-order valence-electron chi connectivity index (χ1n) is 9.20. The third kappa shape index (κ3) is 5.47. The number of para-hydroxylation sites is 1. The number of anilines is 2. The molecule has 9 heteroatoms. The van der Waals surface area contributed by atoms with Crippen molar-refractivity contribution in [2.24, 2.45) is 0 Å². The van der Waals surface area contributed by atoms with Gasteiger partial charge < -0.3 is 15.5 Å². The van der Waals surface area contributed by atoms with Gasteiger partial charge in [-0.1, -0.05) is 12.1 Å². The van der Waals surface area contributed by atoms with Crippen LogP contribution < -0.4 is 15.5 Å². The standard InChI is InChI=1S/C20H21F3N4O2/c21-14-5-6-15(22)17(13-14)25-20(29)19(28)24-7-8-26-9-11-27(12-10-26)18-4-2-1-3-16(18)23/h1-6,13H,7-12H2,(H,24,28)(H,25,29). The Labute approximate surface area is 166 Å². The predicted molar refractivity (Wildman–Crippen MR) is 103 cm³/mol. The molecule has 0 unspecified atom stereocenters. The number of halogens is 3. The lowest BCUT2D eigenvalue weighted by Gasteiger charge is -2.36. The predicted octanol–water partition coefficient (Wildman–Crippen LogP) is 1.98. The molecule has 1 saturated heterocycles. The summed E-state index contributed by atoms with van der Waals surface area (Å²) in [4.78, 5) is 27.7. The van der Waals surface area contributed by atoms with E-state index in [-0.39, 0.29) is 12.4 Å². The van der Waals surface area contributed by atoms with Gasteiger partial charge in [-0.3, -0.25) is 14.5 Å². The summed E-state index contributed by atoms with van der Waals surface area (Å²) < 4.78 is 40.5. The molecule has 0 aromatic heterocycles. The molecular formula is C20H21F3N4O2. The number of hydrogen-bond acceptors (Lipinski definition) is 4. The number of nitrogens with zero attached hydrogens (tertiary/aromatic N) is 2. The number of piperazine rings is 1. The second-order valence-corrected chi connectivity index (χ2v) is 6.61. The lowest BCUT2D eigenvalue weighted by Crippen LogP contribution is -2.49. The molecule has 29 heavy (non-hydrogen) atoms. The van der Waals surface area contributed by atoms with Crippen LogP contribution in [0.1, 0.15) is 0 Å². The van der Waals surface area contributed by atoms with Gasteiger partial charge >= 0.3 is 11.8 Å². The largest absolute Gasteiger partial charge is 0.367 e. The lowest BCUT2D eigenvalue weighted by molar-refractivity contribution is -0.136. The van der Waals surface area contributed by atoms with Gasteiger partial charge in [0.2, 0.25) is 0 Å². The number of hydrogen-bond donors (Lipinski definition) is 2. The minimum atomic E-state index is -1.07. The Morgan fingerprint density at radius 2 is 1.62 bits per heavy atom. The maximum atomic E-state index is 13.9. The summed E-state index contributed by atoms with van der Waals surface area (Å²) in [6.07, 6.45) is 0. The summed E-state index contributed by atoms with van der Waals surface area (Å²) >= 11 is 0. The molecule has 0 aliphatic carbocycles. The van der Waals surface area contributed by atoms with E-state index in [0.29, 0.717) is 38.4 Å². The van der Waals surface area contributed by atoms with Crippen molar-refractivity contribution in [3.8, 4) is 0 Å². The van der Waals surface area contributed by atoms with E-state index in [0.717, 1.165) is 18.2 Å². The highest BCUT2D eigenvalue weighted by Gasteiger charge is 2.20. The Bertz CT molecular complexity index is 886. The quantitative estimate of drug-likeness (QED) is 0.746. The lowest BCUT2D eigenvalue weighted by atomic mass is 10.2. The van der Waals surface area contributed by atoms with E-state index in [4.69, 9.17) is 0 Å². The van der Waals surface area contributed by atoms with Crippen molar-refractivity contribution in [1.29, 1.82) is 0 Å². The Kier molecular flexibility index (Phi) is 6.71. The molecular weight excluding hydrogens is 385 g/mol. The second kappa shape index (κ2) is 9.42. The molecule has 2 amide bonds. The van der Waals surface area contributed by atoms with E-state index in [1.165, 1.54) is 6.07 Å². The molecule has 0 atom stereocenters. The Morgan fingerprint density at radius 1 is 0.897 bits per heavy atom.